The number of carbonyl (C=O) groups is 5. The first-order chi connectivity index (χ1) is 14.3. The maximum atomic E-state index is 12.2. The van der Waals surface area contributed by atoms with Gasteiger partial charge in [0.05, 0.1) is 19.1 Å². The van der Waals surface area contributed by atoms with E-state index in [1.807, 2.05) is 0 Å². The molecular formula is C16H30N8O7. The molecule has 13 N–H and O–H groups in total. The largest absolute Gasteiger partial charge is 0.480 e. The Morgan fingerprint density at radius 1 is 1.00 bits per heavy atom. The highest BCUT2D eigenvalue weighted by Gasteiger charge is 2.28. The molecule has 0 aliphatic rings. The highest BCUT2D eigenvalue weighted by Crippen LogP contribution is 1.99. The number of aliphatic imine (C=N–C) groups is 1. The number of hydrogen-bond acceptors (Lipinski definition) is 8. The van der Waals surface area contributed by atoms with Crippen LogP contribution in [0.3, 0.4) is 0 Å². The van der Waals surface area contributed by atoms with Crippen molar-refractivity contribution in [1.29, 1.82) is 0 Å². The summed E-state index contributed by atoms with van der Waals surface area (Å²) in [6, 6.07) is -4.05. The lowest BCUT2D eigenvalue weighted by Gasteiger charge is -2.21. The second-order valence-corrected chi connectivity index (χ2v) is 6.62. The highest BCUT2D eigenvalue weighted by atomic mass is 16.4. The molecule has 15 heteroatoms. The van der Waals surface area contributed by atoms with Crippen molar-refractivity contribution in [2.24, 2.45) is 27.9 Å². The topological polar surface area (TPSA) is 278 Å². The molecule has 0 aromatic heterocycles. The van der Waals surface area contributed by atoms with Gasteiger partial charge in [-0.2, -0.15) is 0 Å². The van der Waals surface area contributed by atoms with Gasteiger partial charge in [0.2, 0.25) is 23.6 Å². The summed E-state index contributed by atoms with van der Waals surface area (Å²) in [6.45, 7) is 0.792. The van der Waals surface area contributed by atoms with Gasteiger partial charge in [0, 0.05) is 6.54 Å². The normalized spacial score (nSPS) is 14.3. The van der Waals surface area contributed by atoms with Gasteiger partial charge in [-0.3, -0.25) is 24.2 Å². The fourth-order valence-corrected chi connectivity index (χ4v) is 2.19. The minimum atomic E-state index is -1.45. The average molecular weight is 446 g/mol. The van der Waals surface area contributed by atoms with Crippen LogP contribution in [0.25, 0.3) is 0 Å². The van der Waals surface area contributed by atoms with Crippen LogP contribution in [0, 0.1) is 0 Å². The fraction of sp³-hybridized carbons (Fsp3) is 0.625. The van der Waals surface area contributed by atoms with E-state index < -0.39 is 66.8 Å². The van der Waals surface area contributed by atoms with Crippen LogP contribution < -0.4 is 38.9 Å². The van der Waals surface area contributed by atoms with Crippen molar-refractivity contribution in [3.8, 4) is 0 Å². The van der Waals surface area contributed by atoms with Crippen molar-refractivity contribution in [2.75, 3.05) is 13.1 Å². The van der Waals surface area contributed by atoms with Crippen LogP contribution in [0.5, 0.6) is 0 Å². The predicted molar refractivity (Wildman–Crippen MR) is 108 cm³/mol. The Morgan fingerprint density at radius 3 is 2.10 bits per heavy atom. The number of aliphatic hydroxyl groups is 1. The standard InChI is InChI=1S/C16H30N8O7/c1-7(25)12(18)14(29)24-9(5-10(17)26)13(28)22-6-11(27)23-8(15(30)31)3-2-4-21-16(19)20/h7-9,12,25H,2-6,18H2,1H3,(H2,17,26)(H,22,28)(H,23,27)(H,24,29)(H,30,31)(H4,19,20,21). The Kier molecular flexibility index (Phi) is 12.2. The van der Waals surface area contributed by atoms with Gasteiger partial charge in [-0.1, -0.05) is 0 Å². The van der Waals surface area contributed by atoms with E-state index in [4.69, 9.17) is 22.9 Å². The number of hydrogen-bond donors (Lipinski definition) is 9. The molecule has 0 aromatic carbocycles. The van der Waals surface area contributed by atoms with Crippen LogP contribution in [0.15, 0.2) is 4.99 Å². The molecule has 0 spiro atoms. The number of aliphatic carboxylic acids is 1. The molecule has 4 atom stereocenters. The van der Waals surface area contributed by atoms with E-state index in [1.165, 1.54) is 6.92 Å². The van der Waals surface area contributed by atoms with E-state index in [0.717, 1.165) is 0 Å². The Balaban J connectivity index is 4.80. The third-order valence-electron chi connectivity index (χ3n) is 3.86. The maximum absolute atomic E-state index is 12.2. The first-order valence-electron chi connectivity index (χ1n) is 9.22. The minimum Gasteiger partial charge on any atom is -0.480 e. The van der Waals surface area contributed by atoms with Crippen LogP contribution in [0.4, 0.5) is 0 Å². The number of amides is 4. The first-order valence-corrected chi connectivity index (χ1v) is 9.22. The maximum Gasteiger partial charge on any atom is 0.326 e. The van der Waals surface area contributed by atoms with Gasteiger partial charge in [0.15, 0.2) is 5.96 Å². The van der Waals surface area contributed by atoms with E-state index in [0.29, 0.717) is 0 Å². The van der Waals surface area contributed by atoms with Crippen molar-refractivity contribution in [3.05, 3.63) is 0 Å². The van der Waals surface area contributed by atoms with Crippen LogP contribution in [0.2, 0.25) is 0 Å². The van der Waals surface area contributed by atoms with Crippen LogP contribution in [-0.4, -0.2) is 83.1 Å². The average Bonchev–Trinajstić information content (AvgIpc) is 2.66. The zero-order chi connectivity index (χ0) is 24.1. The molecule has 0 fully saturated rings. The van der Waals surface area contributed by atoms with E-state index in [1.54, 1.807) is 0 Å². The van der Waals surface area contributed by atoms with Gasteiger partial charge in [0.25, 0.3) is 0 Å². The molecule has 0 saturated heterocycles. The number of guanidine groups is 1. The first kappa shape index (κ1) is 27.5. The number of aliphatic hydroxyl groups excluding tert-OH is 1. The number of rotatable bonds is 14. The highest BCUT2D eigenvalue weighted by molar-refractivity contribution is 5.95. The molecule has 4 amide bonds. The van der Waals surface area contributed by atoms with Crippen molar-refractivity contribution in [3.63, 3.8) is 0 Å². The molecule has 0 bridgehead atoms. The van der Waals surface area contributed by atoms with E-state index in [2.05, 4.69) is 20.9 Å². The van der Waals surface area contributed by atoms with Gasteiger partial charge in [-0.25, -0.2) is 4.79 Å². The summed E-state index contributed by atoms with van der Waals surface area (Å²) in [7, 11) is 0. The molecule has 176 valence electrons. The molecule has 31 heavy (non-hydrogen) atoms. The lowest BCUT2D eigenvalue weighted by atomic mass is 10.1. The molecule has 0 radical (unpaired) electrons. The number of nitrogens with one attached hydrogen (secondary N) is 3. The second-order valence-electron chi connectivity index (χ2n) is 6.62. The molecule has 0 rings (SSSR count). The lowest BCUT2D eigenvalue weighted by Crippen LogP contribution is -2.56. The molecule has 0 aliphatic heterocycles. The number of carboxylic acid groups (broad SMARTS) is 1. The smallest absolute Gasteiger partial charge is 0.326 e. The van der Waals surface area contributed by atoms with E-state index in [-0.39, 0.29) is 25.3 Å². The zero-order valence-corrected chi connectivity index (χ0v) is 17.0. The summed E-state index contributed by atoms with van der Waals surface area (Å²) in [6.07, 6.45) is -1.50. The van der Waals surface area contributed by atoms with Crippen LogP contribution in [0.1, 0.15) is 26.2 Å². The summed E-state index contributed by atoms with van der Waals surface area (Å²) in [5.41, 5.74) is 20.8. The van der Waals surface area contributed by atoms with Crippen LogP contribution in [-0.2, 0) is 24.0 Å². The second kappa shape index (κ2) is 13.7. The van der Waals surface area contributed by atoms with Crippen molar-refractivity contribution >= 4 is 35.6 Å². The Labute approximate surface area is 178 Å². The predicted octanol–water partition coefficient (Wildman–Crippen LogP) is -5.21. The van der Waals surface area contributed by atoms with E-state index in [9.17, 15) is 34.2 Å². The molecular weight excluding hydrogens is 416 g/mol. The van der Waals surface area contributed by atoms with E-state index >= 15 is 0 Å². The molecule has 0 aromatic rings. The van der Waals surface area contributed by atoms with Gasteiger partial charge in [-0.05, 0) is 19.8 Å². The molecule has 15 nitrogen and oxygen atoms in total. The van der Waals surface area contributed by atoms with Gasteiger partial charge < -0.3 is 49.1 Å². The molecule has 0 saturated carbocycles. The summed E-state index contributed by atoms with van der Waals surface area (Å²) < 4.78 is 0. The van der Waals surface area contributed by atoms with Crippen molar-refractivity contribution < 1.29 is 34.2 Å². The van der Waals surface area contributed by atoms with Gasteiger partial charge in [0.1, 0.15) is 18.1 Å². The van der Waals surface area contributed by atoms with Gasteiger partial charge in [-0.15, -0.1) is 0 Å². The van der Waals surface area contributed by atoms with Gasteiger partial charge >= 0.3 is 5.97 Å². The fourth-order valence-electron chi connectivity index (χ4n) is 2.19. The Bertz CT molecular complexity index is 693. The zero-order valence-electron chi connectivity index (χ0n) is 17.0. The third-order valence-corrected chi connectivity index (χ3v) is 3.86. The molecule has 0 aliphatic carbocycles. The quantitative estimate of drug-likeness (QED) is 0.0694. The van der Waals surface area contributed by atoms with Crippen LogP contribution >= 0.6 is 0 Å². The number of nitrogens with two attached hydrogens (primary N) is 4. The monoisotopic (exact) mass is 446 g/mol. The van der Waals surface area contributed by atoms with Crippen molar-refractivity contribution in [2.45, 2.75) is 50.4 Å². The summed E-state index contributed by atoms with van der Waals surface area (Å²) in [5, 5.41) is 25.0. The SMILES string of the molecule is CC(O)C(N)C(=O)NC(CC(N)=O)C(=O)NCC(=O)NC(CCCN=C(N)N)C(=O)O. The Hall–Kier alpha value is -3.46. The summed E-state index contributed by atoms with van der Waals surface area (Å²) >= 11 is 0. The molecule has 4 unspecified atom stereocenters. The number of nitrogens with zero attached hydrogens (tertiary/aromatic N) is 1. The minimum absolute atomic E-state index is 0.0311. The number of carbonyl (C=O) groups excluding carboxylic acids is 4. The third kappa shape index (κ3) is 12.0. The Morgan fingerprint density at radius 2 is 1.61 bits per heavy atom. The van der Waals surface area contributed by atoms with Crippen molar-refractivity contribution in [1.82, 2.24) is 16.0 Å². The number of carboxylic acids is 1. The molecule has 0 heterocycles. The lowest BCUT2D eigenvalue weighted by molar-refractivity contribution is -0.142. The summed E-state index contributed by atoms with van der Waals surface area (Å²) in [5.74, 6) is -5.03. The number of primary amides is 1. The summed E-state index contributed by atoms with van der Waals surface area (Å²) in [4.78, 5) is 62.2.